The van der Waals surface area contributed by atoms with Crippen LogP contribution in [0.1, 0.15) is 40.5 Å². The SMILES string of the molecule is CCN1CCC(N(C)CC(O)COC(C)(C)C)CC1. The number of ether oxygens (including phenoxy) is 1. The molecule has 1 atom stereocenters. The minimum absolute atomic E-state index is 0.175. The molecule has 0 bridgehead atoms. The number of nitrogens with zero attached hydrogens (tertiary/aromatic N) is 2. The van der Waals surface area contributed by atoms with E-state index in [-0.39, 0.29) is 5.60 Å². The number of likely N-dealkylation sites (N-methyl/N-ethyl adjacent to an activating group) is 1. The molecule has 4 heteroatoms. The standard InChI is InChI=1S/C15H32N2O2/c1-6-17-9-7-13(8-10-17)16(5)11-14(18)12-19-15(2,3)4/h13-14,18H,6-12H2,1-5H3. The minimum Gasteiger partial charge on any atom is -0.389 e. The summed E-state index contributed by atoms with van der Waals surface area (Å²) in [4.78, 5) is 4.78. The van der Waals surface area contributed by atoms with Gasteiger partial charge in [-0.1, -0.05) is 6.92 Å². The maximum atomic E-state index is 10.0. The van der Waals surface area contributed by atoms with Crippen molar-refractivity contribution in [3.63, 3.8) is 0 Å². The van der Waals surface area contributed by atoms with E-state index in [2.05, 4.69) is 23.8 Å². The lowest BCUT2D eigenvalue weighted by atomic mass is 10.0. The van der Waals surface area contributed by atoms with Crippen molar-refractivity contribution in [2.45, 2.75) is 58.3 Å². The largest absolute Gasteiger partial charge is 0.389 e. The number of hydrogen-bond donors (Lipinski definition) is 1. The Morgan fingerprint density at radius 1 is 1.32 bits per heavy atom. The van der Waals surface area contributed by atoms with Gasteiger partial charge in [-0.25, -0.2) is 0 Å². The van der Waals surface area contributed by atoms with Gasteiger partial charge in [0.1, 0.15) is 0 Å². The second kappa shape index (κ2) is 7.58. The van der Waals surface area contributed by atoms with E-state index in [0.717, 1.165) is 6.54 Å². The number of rotatable bonds is 6. The van der Waals surface area contributed by atoms with Gasteiger partial charge >= 0.3 is 0 Å². The monoisotopic (exact) mass is 272 g/mol. The summed E-state index contributed by atoms with van der Waals surface area (Å²) in [5, 5.41) is 10.0. The molecular formula is C15H32N2O2. The number of likely N-dealkylation sites (tertiary alicyclic amines) is 1. The van der Waals surface area contributed by atoms with Gasteiger partial charge in [0, 0.05) is 12.6 Å². The number of aliphatic hydroxyl groups excluding tert-OH is 1. The third kappa shape index (κ3) is 6.70. The van der Waals surface area contributed by atoms with Crippen molar-refractivity contribution in [2.24, 2.45) is 0 Å². The van der Waals surface area contributed by atoms with Crippen LogP contribution in [0.15, 0.2) is 0 Å². The van der Waals surface area contributed by atoms with Gasteiger partial charge in [0.15, 0.2) is 0 Å². The predicted octanol–water partition coefficient (Wildman–Crippen LogP) is 1.58. The van der Waals surface area contributed by atoms with Crippen molar-refractivity contribution in [3.05, 3.63) is 0 Å². The van der Waals surface area contributed by atoms with Crippen molar-refractivity contribution in [1.29, 1.82) is 0 Å². The Balaban J connectivity index is 2.25. The van der Waals surface area contributed by atoms with Crippen molar-refractivity contribution < 1.29 is 9.84 Å². The topological polar surface area (TPSA) is 35.9 Å². The molecule has 4 nitrogen and oxygen atoms in total. The van der Waals surface area contributed by atoms with Crippen LogP contribution in [0.5, 0.6) is 0 Å². The molecule has 114 valence electrons. The Bertz CT molecular complexity index is 245. The maximum absolute atomic E-state index is 10.0. The highest BCUT2D eigenvalue weighted by Crippen LogP contribution is 2.15. The molecule has 0 saturated carbocycles. The zero-order valence-electron chi connectivity index (χ0n) is 13.4. The molecule has 0 aromatic carbocycles. The fourth-order valence-corrected chi connectivity index (χ4v) is 2.56. The first-order chi connectivity index (χ1) is 8.81. The lowest BCUT2D eigenvalue weighted by molar-refractivity contribution is -0.0583. The summed E-state index contributed by atoms with van der Waals surface area (Å²) in [7, 11) is 2.12. The van der Waals surface area contributed by atoms with Crippen molar-refractivity contribution >= 4 is 0 Å². The van der Waals surface area contributed by atoms with Crippen LogP contribution < -0.4 is 0 Å². The number of aliphatic hydroxyl groups is 1. The summed E-state index contributed by atoms with van der Waals surface area (Å²) in [6.45, 7) is 12.9. The second-order valence-corrected chi connectivity index (χ2v) is 6.68. The average molecular weight is 272 g/mol. The van der Waals surface area contributed by atoms with E-state index < -0.39 is 6.10 Å². The van der Waals surface area contributed by atoms with Crippen molar-refractivity contribution in [3.8, 4) is 0 Å². The Morgan fingerprint density at radius 3 is 2.37 bits per heavy atom. The molecule has 0 amide bonds. The molecule has 1 aliphatic rings. The molecule has 1 unspecified atom stereocenters. The fraction of sp³-hybridized carbons (Fsp3) is 1.00. The summed E-state index contributed by atoms with van der Waals surface area (Å²) >= 11 is 0. The van der Waals surface area contributed by atoms with Crippen LogP contribution in [0.3, 0.4) is 0 Å². The minimum atomic E-state index is -0.395. The Hall–Kier alpha value is -0.160. The molecule has 1 rings (SSSR count). The highest BCUT2D eigenvalue weighted by molar-refractivity contribution is 4.79. The lowest BCUT2D eigenvalue weighted by Gasteiger charge is -2.37. The normalized spacial score (nSPS) is 21.0. The molecule has 1 fully saturated rings. The molecule has 1 aliphatic heterocycles. The van der Waals surface area contributed by atoms with E-state index in [1.807, 2.05) is 20.8 Å². The van der Waals surface area contributed by atoms with Gasteiger partial charge in [0.2, 0.25) is 0 Å². The van der Waals surface area contributed by atoms with Crippen LogP contribution in [-0.2, 0) is 4.74 Å². The number of hydrogen-bond acceptors (Lipinski definition) is 4. The molecule has 0 aliphatic carbocycles. The smallest absolute Gasteiger partial charge is 0.0900 e. The maximum Gasteiger partial charge on any atom is 0.0900 e. The molecule has 1 heterocycles. The zero-order valence-corrected chi connectivity index (χ0v) is 13.4. The van der Waals surface area contributed by atoms with Crippen molar-refractivity contribution in [1.82, 2.24) is 9.80 Å². The average Bonchev–Trinajstić information content (AvgIpc) is 2.35. The van der Waals surface area contributed by atoms with E-state index in [1.54, 1.807) is 0 Å². The van der Waals surface area contributed by atoms with Crippen LogP contribution in [0.25, 0.3) is 0 Å². The highest BCUT2D eigenvalue weighted by Gasteiger charge is 2.23. The molecule has 0 spiro atoms. The highest BCUT2D eigenvalue weighted by atomic mass is 16.5. The van der Waals surface area contributed by atoms with Crippen LogP contribution in [0.4, 0.5) is 0 Å². The van der Waals surface area contributed by atoms with Gasteiger partial charge in [-0.15, -0.1) is 0 Å². The fourth-order valence-electron chi connectivity index (χ4n) is 2.56. The molecule has 0 aromatic heterocycles. The van der Waals surface area contributed by atoms with Crippen LogP contribution >= 0.6 is 0 Å². The first-order valence-corrected chi connectivity index (χ1v) is 7.56. The van der Waals surface area contributed by atoms with E-state index in [0.29, 0.717) is 19.2 Å². The van der Waals surface area contributed by atoms with Gasteiger partial charge in [-0.2, -0.15) is 0 Å². The van der Waals surface area contributed by atoms with Crippen LogP contribution in [0.2, 0.25) is 0 Å². The Kier molecular flexibility index (Phi) is 6.74. The summed E-state index contributed by atoms with van der Waals surface area (Å²) < 4.78 is 5.63. The second-order valence-electron chi connectivity index (χ2n) is 6.68. The van der Waals surface area contributed by atoms with Gasteiger partial charge in [0.05, 0.1) is 18.3 Å². The molecule has 0 aromatic rings. The van der Waals surface area contributed by atoms with Crippen LogP contribution in [-0.4, -0.2) is 72.5 Å². The molecular weight excluding hydrogens is 240 g/mol. The van der Waals surface area contributed by atoms with E-state index in [1.165, 1.54) is 25.9 Å². The summed E-state index contributed by atoms with van der Waals surface area (Å²) in [5.41, 5.74) is -0.175. The summed E-state index contributed by atoms with van der Waals surface area (Å²) in [6, 6.07) is 0.604. The number of piperidine rings is 1. The van der Waals surface area contributed by atoms with E-state index in [4.69, 9.17) is 4.74 Å². The molecule has 19 heavy (non-hydrogen) atoms. The lowest BCUT2D eigenvalue weighted by Crippen LogP contribution is -2.46. The zero-order chi connectivity index (χ0) is 14.5. The van der Waals surface area contributed by atoms with Crippen LogP contribution in [0, 0.1) is 0 Å². The van der Waals surface area contributed by atoms with Crippen molar-refractivity contribution in [2.75, 3.05) is 39.8 Å². The Labute approximate surface area is 118 Å². The van der Waals surface area contributed by atoms with Gasteiger partial charge in [-0.3, -0.25) is 0 Å². The predicted molar refractivity (Wildman–Crippen MR) is 79.5 cm³/mol. The third-order valence-corrected chi connectivity index (χ3v) is 3.84. The first kappa shape index (κ1) is 16.9. The molecule has 0 radical (unpaired) electrons. The Morgan fingerprint density at radius 2 is 1.89 bits per heavy atom. The van der Waals surface area contributed by atoms with Gasteiger partial charge < -0.3 is 19.6 Å². The van der Waals surface area contributed by atoms with Gasteiger partial charge in [-0.05, 0) is 60.3 Å². The summed E-state index contributed by atoms with van der Waals surface area (Å²) in [6.07, 6.45) is 2.02. The van der Waals surface area contributed by atoms with E-state index in [9.17, 15) is 5.11 Å². The summed E-state index contributed by atoms with van der Waals surface area (Å²) in [5.74, 6) is 0. The molecule has 1 saturated heterocycles. The first-order valence-electron chi connectivity index (χ1n) is 7.56. The quantitative estimate of drug-likeness (QED) is 0.796. The van der Waals surface area contributed by atoms with E-state index >= 15 is 0 Å². The molecule has 1 N–H and O–H groups in total. The third-order valence-electron chi connectivity index (χ3n) is 3.84. The van der Waals surface area contributed by atoms with Gasteiger partial charge in [0.25, 0.3) is 0 Å².